The van der Waals surface area contributed by atoms with Gasteiger partial charge in [-0.2, -0.15) is 0 Å². The molecular weight excluding hydrogens is 338 g/mol. The number of H-pyrrole nitrogens is 1. The highest BCUT2D eigenvalue weighted by atomic mass is 16.2. The first-order valence-electron chi connectivity index (χ1n) is 9.19. The number of fused-ring (bicyclic) bond motifs is 1. The zero-order valence-electron chi connectivity index (χ0n) is 16.0. The lowest BCUT2D eigenvalue weighted by Gasteiger charge is -2.23. The number of aromatic amines is 1. The van der Waals surface area contributed by atoms with E-state index in [1.54, 1.807) is 18.1 Å². The minimum atomic E-state index is -0.406. The fourth-order valence-electron chi connectivity index (χ4n) is 3.20. The summed E-state index contributed by atoms with van der Waals surface area (Å²) in [7, 11) is 1.79. The standard InChI is InChI=1S/C22H25N3O2/c1-4-16-9-5-7-11-19(16)24-21(26)14-25(3)15(2)22(27)18-13-23-20-12-8-6-10-17(18)20/h5-13,15,23H,4,14H2,1-3H3,(H,24,26). The first-order chi connectivity index (χ1) is 13.0. The first-order valence-corrected chi connectivity index (χ1v) is 9.19. The van der Waals surface area contributed by atoms with Crippen LogP contribution in [0.3, 0.4) is 0 Å². The topological polar surface area (TPSA) is 65.2 Å². The molecule has 1 unspecified atom stereocenters. The number of anilines is 1. The lowest BCUT2D eigenvalue weighted by molar-refractivity contribution is -0.117. The Morgan fingerprint density at radius 1 is 1.11 bits per heavy atom. The van der Waals surface area contributed by atoms with Crippen LogP contribution in [-0.2, 0) is 11.2 Å². The number of carbonyl (C=O) groups excluding carboxylic acids is 2. The van der Waals surface area contributed by atoms with E-state index in [9.17, 15) is 9.59 Å². The van der Waals surface area contributed by atoms with Crippen molar-refractivity contribution in [2.75, 3.05) is 18.9 Å². The normalized spacial score (nSPS) is 12.3. The Hall–Kier alpha value is -2.92. The maximum absolute atomic E-state index is 12.9. The van der Waals surface area contributed by atoms with E-state index in [1.807, 2.05) is 55.5 Å². The second-order valence-corrected chi connectivity index (χ2v) is 6.76. The first kappa shape index (κ1) is 18.9. The molecule has 0 aliphatic heterocycles. The molecule has 1 aromatic heterocycles. The second-order valence-electron chi connectivity index (χ2n) is 6.76. The maximum atomic E-state index is 12.9. The number of rotatable bonds is 7. The predicted molar refractivity (Wildman–Crippen MR) is 109 cm³/mol. The van der Waals surface area contributed by atoms with Gasteiger partial charge in [0.25, 0.3) is 0 Å². The van der Waals surface area contributed by atoms with E-state index in [1.165, 1.54) is 0 Å². The summed E-state index contributed by atoms with van der Waals surface area (Å²) >= 11 is 0. The molecule has 3 rings (SSSR count). The highest BCUT2D eigenvalue weighted by molar-refractivity contribution is 6.10. The van der Waals surface area contributed by atoms with E-state index in [0.29, 0.717) is 5.56 Å². The Morgan fingerprint density at radius 3 is 2.59 bits per heavy atom. The number of nitrogens with zero attached hydrogens (tertiary/aromatic N) is 1. The van der Waals surface area contributed by atoms with Crippen LogP contribution in [0, 0.1) is 0 Å². The monoisotopic (exact) mass is 363 g/mol. The number of carbonyl (C=O) groups is 2. The molecule has 1 amide bonds. The van der Waals surface area contributed by atoms with Crippen LogP contribution < -0.4 is 5.32 Å². The third-order valence-corrected chi connectivity index (χ3v) is 4.96. The van der Waals surface area contributed by atoms with E-state index in [0.717, 1.165) is 28.6 Å². The number of hydrogen-bond donors (Lipinski definition) is 2. The van der Waals surface area contributed by atoms with Gasteiger partial charge in [-0.1, -0.05) is 43.3 Å². The lowest BCUT2D eigenvalue weighted by Crippen LogP contribution is -2.41. The van der Waals surface area contributed by atoms with Gasteiger partial charge in [-0.3, -0.25) is 14.5 Å². The van der Waals surface area contributed by atoms with Gasteiger partial charge in [0, 0.05) is 28.4 Å². The van der Waals surface area contributed by atoms with Gasteiger partial charge in [0.2, 0.25) is 5.91 Å². The fraction of sp³-hybridized carbons (Fsp3) is 0.273. The third-order valence-electron chi connectivity index (χ3n) is 4.96. The molecule has 5 nitrogen and oxygen atoms in total. The number of aromatic nitrogens is 1. The van der Waals surface area contributed by atoms with Crippen molar-refractivity contribution in [1.29, 1.82) is 0 Å². The van der Waals surface area contributed by atoms with Crippen LogP contribution in [-0.4, -0.2) is 41.2 Å². The Bertz CT molecular complexity index is 961. The van der Waals surface area contributed by atoms with Crippen molar-refractivity contribution in [2.24, 2.45) is 0 Å². The molecule has 0 aliphatic carbocycles. The number of hydrogen-bond acceptors (Lipinski definition) is 3. The molecule has 1 atom stereocenters. The van der Waals surface area contributed by atoms with Crippen molar-refractivity contribution in [2.45, 2.75) is 26.3 Å². The Morgan fingerprint density at radius 2 is 1.81 bits per heavy atom. The smallest absolute Gasteiger partial charge is 0.238 e. The SMILES string of the molecule is CCc1ccccc1NC(=O)CN(C)C(C)C(=O)c1c[nH]c2ccccc12. The minimum Gasteiger partial charge on any atom is -0.360 e. The van der Waals surface area contributed by atoms with Crippen LogP contribution in [0.15, 0.2) is 54.7 Å². The van der Waals surface area contributed by atoms with Crippen molar-refractivity contribution in [3.05, 3.63) is 65.9 Å². The van der Waals surface area contributed by atoms with E-state index < -0.39 is 6.04 Å². The van der Waals surface area contributed by atoms with Crippen LogP contribution >= 0.6 is 0 Å². The number of ketones is 1. The average molecular weight is 363 g/mol. The molecule has 1 heterocycles. The quantitative estimate of drug-likeness (QED) is 0.626. The van der Waals surface area contributed by atoms with Crippen LogP contribution in [0.5, 0.6) is 0 Å². The molecule has 0 bridgehead atoms. The zero-order valence-corrected chi connectivity index (χ0v) is 16.0. The van der Waals surface area contributed by atoms with Crippen molar-refractivity contribution >= 4 is 28.3 Å². The van der Waals surface area contributed by atoms with Gasteiger partial charge in [0.1, 0.15) is 0 Å². The van der Waals surface area contributed by atoms with Gasteiger partial charge in [-0.25, -0.2) is 0 Å². The van der Waals surface area contributed by atoms with Crippen molar-refractivity contribution in [1.82, 2.24) is 9.88 Å². The summed E-state index contributed by atoms with van der Waals surface area (Å²) in [5.74, 6) is -0.131. The predicted octanol–water partition coefficient (Wildman–Crippen LogP) is 3.87. The molecule has 0 saturated carbocycles. The van der Waals surface area contributed by atoms with Crippen LogP contribution in [0.1, 0.15) is 29.8 Å². The van der Waals surface area contributed by atoms with Gasteiger partial charge < -0.3 is 10.3 Å². The van der Waals surface area contributed by atoms with Gasteiger partial charge >= 0.3 is 0 Å². The molecule has 2 N–H and O–H groups in total. The molecular formula is C22H25N3O2. The Kier molecular flexibility index (Phi) is 5.72. The number of aryl methyl sites for hydroxylation is 1. The molecule has 0 spiro atoms. The zero-order chi connectivity index (χ0) is 19.4. The number of Topliss-reactive ketones (excluding diaryl/α,β-unsaturated/α-hetero) is 1. The molecule has 2 aromatic carbocycles. The number of likely N-dealkylation sites (N-methyl/N-ethyl adjacent to an activating group) is 1. The van der Waals surface area contributed by atoms with Gasteiger partial charge in [0.05, 0.1) is 12.6 Å². The van der Waals surface area contributed by atoms with E-state index in [2.05, 4.69) is 17.2 Å². The molecule has 0 saturated heterocycles. The van der Waals surface area contributed by atoms with Crippen LogP contribution in [0.25, 0.3) is 10.9 Å². The summed E-state index contributed by atoms with van der Waals surface area (Å²) in [4.78, 5) is 30.3. The van der Waals surface area contributed by atoms with E-state index >= 15 is 0 Å². The van der Waals surface area contributed by atoms with Gasteiger partial charge in [0.15, 0.2) is 5.78 Å². The highest BCUT2D eigenvalue weighted by Gasteiger charge is 2.23. The third kappa shape index (κ3) is 4.09. The van der Waals surface area contributed by atoms with E-state index in [-0.39, 0.29) is 18.2 Å². The van der Waals surface area contributed by atoms with Crippen LogP contribution in [0.4, 0.5) is 5.69 Å². The van der Waals surface area contributed by atoms with E-state index in [4.69, 9.17) is 0 Å². The van der Waals surface area contributed by atoms with Gasteiger partial charge in [-0.05, 0) is 38.1 Å². The maximum Gasteiger partial charge on any atom is 0.238 e. The van der Waals surface area contributed by atoms with Crippen molar-refractivity contribution in [3.8, 4) is 0 Å². The fourth-order valence-corrected chi connectivity index (χ4v) is 3.20. The summed E-state index contributed by atoms with van der Waals surface area (Å²) in [6, 6.07) is 15.1. The number of benzene rings is 2. The lowest BCUT2D eigenvalue weighted by atomic mass is 10.0. The second kappa shape index (κ2) is 8.18. The molecule has 0 radical (unpaired) electrons. The average Bonchev–Trinajstić information content (AvgIpc) is 3.11. The van der Waals surface area contributed by atoms with Crippen LogP contribution in [0.2, 0.25) is 0 Å². The molecule has 27 heavy (non-hydrogen) atoms. The summed E-state index contributed by atoms with van der Waals surface area (Å²) in [6.07, 6.45) is 2.59. The van der Waals surface area contributed by atoms with Crippen molar-refractivity contribution < 1.29 is 9.59 Å². The number of nitrogens with one attached hydrogen (secondary N) is 2. The summed E-state index contributed by atoms with van der Waals surface area (Å²) in [6.45, 7) is 4.03. The molecule has 3 aromatic rings. The minimum absolute atomic E-state index is 0.00305. The molecule has 140 valence electrons. The molecule has 0 fully saturated rings. The number of para-hydroxylation sites is 2. The summed E-state index contributed by atoms with van der Waals surface area (Å²) in [5.41, 5.74) is 3.51. The van der Waals surface area contributed by atoms with Crippen molar-refractivity contribution in [3.63, 3.8) is 0 Å². The number of amides is 1. The largest absolute Gasteiger partial charge is 0.360 e. The highest BCUT2D eigenvalue weighted by Crippen LogP contribution is 2.20. The summed E-state index contributed by atoms with van der Waals surface area (Å²) in [5, 5.41) is 3.86. The molecule has 5 heteroatoms. The Labute approximate surface area is 159 Å². The van der Waals surface area contributed by atoms with Gasteiger partial charge in [-0.15, -0.1) is 0 Å². The summed E-state index contributed by atoms with van der Waals surface area (Å²) < 4.78 is 0. The molecule has 0 aliphatic rings. The Balaban J connectivity index is 1.67.